The number of nitrogens with zero attached hydrogens (tertiary/aromatic N) is 2. The van der Waals surface area contributed by atoms with Crippen LogP contribution >= 0.6 is 11.6 Å². The number of nitro groups is 1. The number of halogens is 1. The van der Waals surface area contributed by atoms with Crippen molar-refractivity contribution < 1.29 is 19.2 Å². The molecular formula is C19H20ClN3O5. The molecule has 148 valence electrons. The Kier molecular flexibility index (Phi) is 6.01. The van der Waals surface area contributed by atoms with E-state index in [9.17, 15) is 14.9 Å². The molecule has 9 heteroatoms. The number of nitro benzene ring substituents is 1. The number of hydrogen-bond acceptors (Lipinski definition) is 6. The molecule has 8 nitrogen and oxygen atoms in total. The summed E-state index contributed by atoms with van der Waals surface area (Å²) in [5.74, 6) is 1.09. The van der Waals surface area contributed by atoms with E-state index in [1.54, 1.807) is 6.92 Å². The summed E-state index contributed by atoms with van der Waals surface area (Å²) in [6.07, 6.45) is 0. The predicted molar refractivity (Wildman–Crippen MR) is 105 cm³/mol. The monoisotopic (exact) mass is 405 g/mol. The Morgan fingerprint density at radius 3 is 2.68 bits per heavy atom. The molecule has 3 rings (SSSR count). The van der Waals surface area contributed by atoms with Crippen LogP contribution in [-0.2, 0) is 11.3 Å². The van der Waals surface area contributed by atoms with Crippen LogP contribution in [0.2, 0.25) is 5.02 Å². The average Bonchev–Trinajstić information content (AvgIpc) is 2.68. The van der Waals surface area contributed by atoms with Gasteiger partial charge in [-0.2, -0.15) is 0 Å². The SMILES string of the molecule is CC(C(=O)Nc1cc([N+](=O)[O-])ccc1Cl)N(C)Cc1ccc2c(c1)OCCO2. The fourth-order valence-corrected chi connectivity index (χ4v) is 2.94. The number of likely N-dealkylation sites (N-methyl/N-ethyl adjacent to an activating group) is 1. The number of anilines is 1. The largest absolute Gasteiger partial charge is 0.486 e. The van der Waals surface area contributed by atoms with E-state index in [4.69, 9.17) is 21.1 Å². The van der Waals surface area contributed by atoms with E-state index in [1.165, 1.54) is 18.2 Å². The summed E-state index contributed by atoms with van der Waals surface area (Å²) in [5, 5.41) is 13.8. The second kappa shape index (κ2) is 8.45. The third-order valence-corrected chi connectivity index (χ3v) is 4.83. The summed E-state index contributed by atoms with van der Waals surface area (Å²) in [6.45, 7) is 3.30. The van der Waals surface area contributed by atoms with Crippen LogP contribution in [0.5, 0.6) is 11.5 Å². The fourth-order valence-electron chi connectivity index (χ4n) is 2.77. The molecule has 0 saturated carbocycles. The molecular weight excluding hydrogens is 386 g/mol. The Labute approximate surface area is 167 Å². The van der Waals surface area contributed by atoms with Crippen molar-refractivity contribution in [2.45, 2.75) is 19.5 Å². The molecule has 1 atom stereocenters. The zero-order valence-corrected chi connectivity index (χ0v) is 16.2. The van der Waals surface area contributed by atoms with Crippen molar-refractivity contribution in [2.75, 3.05) is 25.6 Å². The van der Waals surface area contributed by atoms with Gasteiger partial charge in [-0.1, -0.05) is 17.7 Å². The number of carbonyl (C=O) groups excluding carboxylic acids is 1. The standard InChI is InChI=1S/C19H20ClN3O5/c1-12(19(24)21-16-10-14(23(25)26)4-5-15(16)20)22(2)11-13-3-6-17-18(9-13)28-8-7-27-17/h3-6,9-10,12H,7-8,11H2,1-2H3,(H,21,24). The Hall–Kier alpha value is -2.84. The van der Waals surface area contributed by atoms with Crippen LogP contribution in [0.1, 0.15) is 12.5 Å². The van der Waals surface area contributed by atoms with Crippen LogP contribution in [0, 0.1) is 10.1 Å². The molecule has 1 amide bonds. The minimum Gasteiger partial charge on any atom is -0.486 e. The number of fused-ring (bicyclic) bond motifs is 1. The van der Waals surface area contributed by atoms with Gasteiger partial charge in [0, 0.05) is 18.7 Å². The zero-order valence-electron chi connectivity index (χ0n) is 15.5. The highest BCUT2D eigenvalue weighted by molar-refractivity contribution is 6.33. The highest BCUT2D eigenvalue weighted by Gasteiger charge is 2.21. The van der Waals surface area contributed by atoms with Crippen molar-refractivity contribution in [3.63, 3.8) is 0 Å². The molecule has 0 aliphatic carbocycles. The lowest BCUT2D eigenvalue weighted by Crippen LogP contribution is -2.39. The lowest BCUT2D eigenvalue weighted by Gasteiger charge is -2.25. The van der Waals surface area contributed by atoms with Crippen LogP contribution in [-0.4, -0.2) is 42.0 Å². The molecule has 0 radical (unpaired) electrons. The minimum absolute atomic E-state index is 0.142. The first-order valence-corrected chi connectivity index (χ1v) is 9.06. The number of benzene rings is 2. The normalized spacial score (nSPS) is 13.9. The van der Waals surface area contributed by atoms with E-state index < -0.39 is 11.0 Å². The number of rotatable bonds is 6. The summed E-state index contributed by atoms with van der Waals surface area (Å²) >= 11 is 6.05. The molecule has 28 heavy (non-hydrogen) atoms. The zero-order chi connectivity index (χ0) is 20.3. The second-order valence-electron chi connectivity index (χ2n) is 6.48. The average molecular weight is 406 g/mol. The van der Waals surface area contributed by atoms with Gasteiger partial charge in [0.15, 0.2) is 11.5 Å². The Bertz CT molecular complexity index is 905. The van der Waals surface area contributed by atoms with Gasteiger partial charge < -0.3 is 14.8 Å². The van der Waals surface area contributed by atoms with Gasteiger partial charge in [0.1, 0.15) is 13.2 Å². The number of carbonyl (C=O) groups is 1. The molecule has 0 fully saturated rings. The van der Waals surface area contributed by atoms with E-state index in [0.29, 0.717) is 31.3 Å². The summed E-state index contributed by atoms with van der Waals surface area (Å²) in [6, 6.07) is 9.09. The van der Waals surface area contributed by atoms with E-state index >= 15 is 0 Å². The molecule has 0 spiro atoms. The fraction of sp³-hybridized carbons (Fsp3) is 0.316. The molecule has 1 N–H and O–H groups in total. The van der Waals surface area contributed by atoms with Gasteiger partial charge in [0.2, 0.25) is 5.91 Å². The van der Waals surface area contributed by atoms with E-state index in [1.807, 2.05) is 30.1 Å². The first kappa shape index (κ1) is 19.9. The summed E-state index contributed by atoms with van der Waals surface area (Å²) in [4.78, 5) is 24.8. The van der Waals surface area contributed by atoms with Crippen LogP contribution in [0.4, 0.5) is 11.4 Å². The molecule has 1 unspecified atom stereocenters. The third kappa shape index (κ3) is 4.52. The van der Waals surface area contributed by atoms with Crippen molar-refractivity contribution in [1.29, 1.82) is 0 Å². The third-order valence-electron chi connectivity index (χ3n) is 4.50. The Balaban J connectivity index is 1.66. The number of ether oxygens (including phenoxy) is 2. The summed E-state index contributed by atoms with van der Waals surface area (Å²) in [5.41, 5.74) is 1.04. The van der Waals surface area contributed by atoms with Crippen LogP contribution in [0.25, 0.3) is 0 Å². The van der Waals surface area contributed by atoms with Crippen molar-refractivity contribution in [1.82, 2.24) is 4.90 Å². The number of non-ortho nitro benzene ring substituents is 1. The van der Waals surface area contributed by atoms with E-state index in [-0.39, 0.29) is 22.3 Å². The van der Waals surface area contributed by atoms with Crippen LogP contribution in [0.3, 0.4) is 0 Å². The Morgan fingerprint density at radius 2 is 1.96 bits per heavy atom. The Morgan fingerprint density at radius 1 is 1.25 bits per heavy atom. The maximum atomic E-state index is 12.6. The van der Waals surface area contributed by atoms with Gasteiger partial charge in [0.05, 0.1) is 21.7 Å². The van der Waals surface area contributed by atoms with Gasteiger partial charge in [-0.3, -0.25) is 19.8 Å². The van der Waals surface area contributed by atoms with Crippen molar-refractivity contribution in [3.8, 4) is 11.5 Å². The molecule has 1 aliphatic heterocycles. The summed E-state index contributed by atoms with van der Waals surface area (Å²) in [7, 11) is 1.82. The smallest absolute Gasteiger partial charge is 0.271 e. The minimum atomic E-state index is -0.538. The number of amides is 1. The lowest BCUT2D eigenvalue weighted by atomic mass is 10.1. The maximum Gasteiger partial charge on any atom is 0.271 e. The van der Waals surface area contributed by atoms with Crippen molar-refractivity contribution in [3.05, 3.63) is 57.1 Å². The van der Waals surface area contributed by atoms with Gasteiger partial charge in [-0.15, -0.1) is 0 Å². The van der Waals surface area contributed by atoms with Gasteiger partial charge in [0.25, 0.3) is 5.69 Å². The highest BCUT2D eigenvalue weighted by Crippen LogP contribution is 2.31. The molecule has 0 saturated heterocycles. The molecule has 0 aromatic heterocycles. The van der Waals surface area contributed by atoms with Crippen molar-refractivity contribution in [2.24, 2.45) is 0 Å². The van der Waals surface area contributed by atoms with Crippen molar-refractivity contribution >= 4 is 28.9 Å². The van der Waals surface area contributed by atoms with Gasteiger partial charge >= 0.3 is 0 Å². The van der Waals surface area contributed by atoms with Crippen LogP contribution in [0.15, 0.2) is 36.4 Å². The van der Waals surface area contributed by atoms with Gasteiger partial charge in [-0.25, -0.2) is 0 Å². The molecule has 0 bridgehead atoms. The van der Waals surface area contributed by atoms with E-state index in [0.717, 1.165) is 5.56 Å². The second-order valence-corrected chi connectivity index (χ2v) is 6.89. The maximum absolute atomic E-state index is 12.6. The quantitative estimate of drug-likeness (QED) is 0.584. The van der Waals surface area contributed by atoms with E-state index in [2.05, 4.69) is 5.32 Å². The number of hydrogen-bond donors (Lipinski definition) is 1. The predicted octanol–water partition coefficient (Wildman–Crippen LogP) is 3.48. The molecule has 1 aliphatic rings. The lowest BCUT2D eigenvalue weighted by molar-refractivity contribution is -0.384. The summed E-state index contributed by atoms with van der Waals surface area (Å²) < 4.78 is 11.1. The highest BCUT2D eigenvalue weighted by atomic mass is 35.5. The first-order valence-electron chi connectivity index (χ1n) is 8.68. The molecule has 2 aromatic rings. The van der Waals surface area contributed by atoms with Crippen LogP contribution < -0.4 is 14.8 Å². The topological polar surface area (TPSA) is 93.9 Å². The van der Waals surface area contributed by atoms with Gasteiger partial charge in [-0.05, 0) is 37.7 Å². The molecule has 1 heterocycles. The number of nitrogens with one attached hydrogen (secondary N) is 1. The first-order chi connectivity index (χ1) is 13.3. The molecule has 2 aromatic carbocycles.